The van der Waals surface area contributed by atoms with Gasteiger partial charge in [-0.05, 0) is 12.1 Å². The summed E-state index contributed by atoms with van der Waals surface area (Å²) in [5.41, 5.74) is 1.85. The quantitative estimate of drug-likeness (QED) is 0.621. The summed E-state index contributed by atoms with van der Waals surface area (Å²) in [5.74, 6) is 0.899. The van der Waals surface area contributed by atoms with Gasteiger partial charge < -0.3 is 18.8 Å². The molecular formula is C15H13N5O3. The molecule has 0 aliphatic heterocycles. The molecule has 0 aromatic carbocycles. The molecule has 4 aromatic heterocycles. The first-order valence-corrected chi connectivity index (χ1v) is 6.99. The van der Waals surface area contributed by atoms with E-state index >= 15 is 0 Å². The van der Waals surface area contributed by atoms with E-state index in [1.165, 1.54) is 0 Å². The molecule has 116 valence electrons. The number of hydrogen-bond donors (Lipinski definition) is 1. The van der Waals surface area contributed by atoms with Crippen LogP contribution in [-0.2, 0) is 13.6 Å². The third kappa shape index (κ3) is 2.30. The van der Waals surface area contributed by atoms with Crippen LogP contribution in [0.25, 0.3) is 17.2 Å². The number of fused-ring (bicyclic) bond motifs is 1. The number of imidazole rings is 1. The maximum Gasteiger partial charge on any atom is 0.257 e. The first-order chi connectivity index (χ1) is 11.2. The second-order valence-electron chi connectivity index (χ2n) is 5.08. The van der Waals surface area contributed by atoms with E-state index < -0.39 is 0 Å². The molecule has 8 nitrogen and oxygen atoms in total. The van der Waals surface area contributed by atoms with Gasteiger partial charge in [-0.25, -0.2) is 4.52 Å². The van der Waals surface area contributed by atoms with E-state index in [4.69, 9.17) is 8.94 Å². The minimum atomic E-state index is -0.218. The van der Waals surface area contributed by atoms with Crippen molar-refractivity contribution in [3.8, 4) is 11.5 Å². The standard InChI is InChI=1S/C15H13N5O3/c1-19-4-5-20-15(19)11(9-17-20)14(21)16-8-10-7-13(23-18-10)12-3-2-6-22-12/h2-7,9H,8H2,1H3,(H,16,21). The van der Waals surface area contributed by atoms with E-state index in [2.05, 4.69) is 15.6 Å². The van der Waals surface area contributed by atoms with Crippen molar-refractivity contribution in [2.75, 3.05) is 0 Å². The summed E-state index contributed by atoms with van der Waals surface area (Å²) < 4.78 is 13.9. The number of carbonyl (C=O) groups is 1. The van der Waals surface area contributed by atoms with Crippen LogP contribution in [0.15, 0.2) is 52.0 Å². The third-order valence-corrected chi connectivity index (χ3v) is 3.53. The third-order valence-electron chi connectivity index (χ3n) is 3.53. The number of aryl methyl sites for hydroxylation is 1. The summed E-state index contributed by atoms with van der Waals surface area (Å²) in [5, 5.41) is 10.9. The van der Waals surface area contributed by atoms with Crippen molar-refractivity contribution in [1.29, 1.82) is 0 Å². The van der Waals surface area contributed by atoms with E-state index in [-0.39, 0.29) is 12.5 Å². The Kier molecular flexibility index (Phi) is 3.00. The first-order valence-electron chi connectivity index (χ1n) is 6.99. The lowest BCUT2D eigenvalue weighted by molar-refractivity contribution is 0.0951. The van der Waals surface area contributed by atoms with Gasteiger partial charge in [-0.1, -0.05) is 5.16 Å². The summed E-state index contributed by atoms with van der Waals surface area (Å²) in [6, 6.07) is 5.28. The van der Waals surface area contributed by atoms with E-state index in [0.717, 1.165) is 5.65 Å². The average Bonchev–Trinajstić information content (AvgIpc) is 3.31. The van der Waals surface area contributed by atoms with Gasteiger partial charge >= 0.3 is 0 Å². The molecule has 0 atom stereocenters. The number of furan rings is 1. The molecule has 23 heavy (non-hydrogen) atoms. The van der Waals surface area contributed by atoms with Gasteiger partial charge in [0, 0.05) is 25.5 Å². The van der Waals surface area contributed by atoms with Crippen LogP contribution in [0, 0.1) is 0 Å². The molecule has 0 aliphatic rings. The molecule has 0 spiro atoms. The van der Waals surface area contributed by atoms with Crippen LogP contribution < -0.4 is 5.32 Å². The molecule has 1 N–H and O–H groups in total. The highest BCUT2D eigenvalue weighted by molar-refractivity contribution is 5.99. The van der Waals surface area contributed by atoms with E-state index in [9.17, 15) is 4.79 Å². The van der Waals surface area contributed by atoms with Crippen LogP contribution in [-0.4, -0.2) is 25.2 Å². The Morgan fingerprint density at radius 2 is 2.26 bits per heavy atom. The summed E-state index contributed by atoms with van der Waals surface area (Å²) in [6.45, 7) is 0.255. The number of aromatic nitrogens is 4. The van der Waals surface area contributed by atoms with Crippen molar-refractivity contribution >= 4 is 11.6 Å². The van der Waals surface area contributed by atoms with E-state index in [1.54, 1.807) is 41.4 Å². The minimum absolute atomic E-state index is 0.218. The lowest BCUT2D eigenvalue weighted by Crippen LogP contribution is -2.23. The molecule has 0 saturated heterocycles. The maximum atomic E-state index is 12.3. The zero-order valence-corrected chi connectivity index (χ0v) is 12.3. The number of rotatable bonds is 4. The zero-order chi connectivity index (χ0) is 15.8. The van der Waals surface area contributed by atoms with Crippen molar-refractivity contribution in [2.24, 2.45) is 7.05 Å². The Balaban J connectivity index is 1.49. The SMILES string of the molecule is Cn1ccn2ncc(C(=O)NCc3cc(-c4ccco4)on3)c12. The molecule has 0 unspecified atom stereocenters. The summed E-state index contributed by atoms with van der Waals surface area (Å²) in [4.78, 5) is 12.3. The average molecular weight is 311 g/mol. The number of carbonyl (C=O) groups excluding carboxylic acids is 1. The molecular weight excluding hydrogens is 298 g/mol. The molecule has 1 amide bonds. The van der Waals surface area contributed by atoms with Crippen LogP contribution in [0.3, 0.4) is 0 Å². The lowest BCUT2D eigenvalue weighted by atomic mass is 10.3. The lowest BCUT2D eigenvalue weighted by Gasteiger charge is -2.01. The van der Waals surface area contributed by atoms with Gasteiger partial charge in [0.2, 0.25) is 5.76 Å². The van der Waals surface area contributed by atoms with Gasteiger partial charge in [-0.3, -0.25) is 4.79 Å². The second kappa shape index (κ2) is 5.16. The Morgan fingerprint density at radius 1 is 1.35 bits per heavy atom. The first kappa shape index (κ1) is 13.4. The van der Waals surface area contributed by atoms with Crippen molar-refractivity contribution in [1.82, 2.24) is 24.7 Å². The second-order valence-corrected chi connectivity index (χ2v) is 5.08. The van der Waals surface area contributed by atoms with Crippen molar-refractivity contribution in [3.05, 3.63) is 54.3 Å². The summed E-state index contributed by atoms with van der Waals surface area (Å²) >= 11 is 0. The molecule has 0 radical (unpaired) electrons. The zero-order valence-electron chi connectivity index (χ0n) is 12.3. The molecule has 0 saturated carbocycles. The van der Waals surface area contributed by atoms with Crippen LogP contribution in [0.1, 0.15) is 16.1 Å². The fraction of sp³-hybridized carbons (Fsp3) is 0.133. The Bertz CT molecular complexity index is 961. The molecule has 0 bridgehead atoms. The number of hydrogen-bond acceptors (Lipinski definition) is 5. The topological polar surface area (TPSA) is 90.5 Å². The molecule has 0 aliphatic carbocycles. The van der Waals surface area contributed by atoms with Crippen LogP contribution >= 0.6 is 0 Å². The highest BCUT2D eigenvalue weighted by atomic mass is 16.5. The van der Waals surface area contributed by atoms with Crippen LogP contribution in [0.2, 0.25) is 0 Å². The van der Waals surface area contributed by atoms with Crippen molar-refractivity contribution in [2.45, 2.75) is 6.54 Å². The molecule has 4 aromatic rings. The molecule has 8 heteroatoms. The minimum Gasteiger partial charge on any atom is -0.461 e. The molecule has 4 heterocycles. The maximum absolute atomic E-state index is 12.3. The van der Waals surface area contributed by atoms with Gasteiger partial charge in [0.25, 0.3) is 5.91 Å². The number of nitrogens with zero attached hydrogens (tertiary/aromatic N) is 4. The van der Waals surface area contributed by atoms with Crippen LogP contribution in [0.4, 0.5) is 0 Å². The van der Waals surface area contributed by atoms with Crippen LogP contribution in [0.5, 0.6) is 0 Å². The Labute approximate surface area is 130 Å². The highest BCUT2D eigenvalue weighted by Gasteiger charge is 2.16. The Morgan fingerprint density at radius 3 is 3.09 bits per heavy atom. The van der Waals surface area contributed by atoms with Crippen molar-refractivity contribution in [3.63, 3.8) is 0 Å². The summed E-state index contributed by atoms with van der Waals surface area (Å²) in [7, 11) is 1.86. The number of nitrogens with one attached hydrogen (secondary N) is 1. The summed E-state index contributed by atoms with van der Waals surface area (Å²) in [6.07, 6.45) is 6.73. The van der Waals surface area contributed by atoms with E-state index in [1.807, 2.05) is 17.8 Å². The van der Waals surface area contributed by atoms with Gasteiger partial charge in [-0.15, -0.1) is 0 Å². The molecule has 4 rings (SSSR count). The molecule has 0 fully saturated rings. The normalized spacial score (nSPS) is 11.2. The largest absolute Gasteiger partial charge is 0.461 e. The number of amides is 1. The predicted molar refractivity (Wildman–Crippen MR) is 79.5 cm³/mol. The van der Waals surface area contributed by atoms with Gasteiger partial charge in [-0.2, -0.15) is 5.10 Å². The predicted octanol–water partition coefficient (Wildman–Crippen LogP) is 1.85. The smallest absolute Gasteiger partial charge is 0.257 e. The van der Waals surface area contributed by atoms with Gasteiger partial charge in [0.1, 0.15) is 16.9 Å². The Hall–Kier alpha value is -3.29. The highest BCUT2D eigenvalue weighted by Crippen LogP contribution is 2.20. The van der Waals surface area contributed by atoms with Crippen molar-refractivity contribution < 1.29 is 13.7 Å². The fourth-order valence-electron chi connectivity index (χ4n) is 2.41. The van der Waals surface area contributed by atoms with Gasteiger partial charge in [0.15, 0.2) is 5.76 Å². The van der Waals surface area contributed by atoms with Gasteiger partial charge in [0.05, 0.1) is 19.0 Å². The monoisotopic (exact) mass is 311 g/mol. The van der Waals surface area contributed by atoms with E-state index in [0.29, 0.717) is 22.8 Å². The fourth-order valence-corrected chi connectivity index (χ4v) is 2.41.